The summed E-state index contributed by atoms with van der Waals surface area (Å²) in [6.45, 7) is 1.57. The Morgan fingerprint density at radius 1 is 0.938 bits per heavy atom. The van der Waals surface area contributed by atoms with Gasteiger partial charge < -0.3 is 10.2 Å². The van der Waals surface area contributed by atoms with Crippen molar-refractivity contribution in [2.75, 3.05) is 29.9 Å². The van der Waals surface area contributed by atoms with Crippen molar-refractivity contribution < 1.29 is 18.0 Å². The van der Waals surface area contributed by atoms with Gasteiger partial charge in [0.1, 0.15) is 4.90 Å². The van der Waals surface area contributed by atoms with Crippen molar-refractivity contribution in [3.63, 3.8) is 0 Å². The third-order valence-corrected chi connectivity index (χ3v) is 8.25. The van der Waals surface area contributed by atoms with Crippen LogP contribution in [0, 0.1) is 0 Å². The molecule has 9 heteroatoms. The Labute approximate surface area is 193 Å². The summed E-state index contributed by atoms with van der Waals surface area (Å²) in [5, 5.41) is 2.89. The summed E-state index contributed by atoms with van der Waals surface area (Å²) >= 11 is 6.24. The number of carbonyl (C=O) groups is 2. The van der Waals surface area contributed by atoms with Crippen LogP contribution in [0.3, 0.4) is 0 Å². The molecule has 0 saturated carbocycles. The third kappa shape index (κ3) is 4.82. The molecule has 7 nitrogen and oxygen atoms in total. The molecule has 2 amide bonds. The van der Waals surface area contributed by atoms with Crippen LogP contribution in [0.15, 0.2) is 47.4 Å². The Bertz CT molecular complexity index is 1130. The van der Waals surface area contributed by atoms with Crippen LogP contribution >= 0.6 is 11.6 Å². The highest BCUT2D eigenvalue weighted by Crippen LogP contribution is 2.29. The molecular formula is C23H26ClN3O4S. The number of nitrogens with zero attached hydrogens (tertiary/aromatic N) is 2. The van der Waals surface area contributed by atoms with Gasteiger partial charge in [-0.2, -0.15) is 4.31 Å². The molecule has 0 aromatic heterocycles. The predicted octanol–water partition coefficient (Wildman–Crippen LogP) is 4.28. The fraction of sp³-hybridized carbons (Fsp3) is 0.391. The first-order chi connectivity index (χ1) is 15.4. The zero-order chi connectivity index (χ0) is 22.7. The number of carbonyl (C=O) groups excluding carboxylic acids is 2. The van der Waals surface area contributed by atoms with Crippen molar-refractivity contribution in [1.29, 1.82) is 0 Å². The molecule has 0 spiro atoms. The van der Waals surface area contributed by atoms with Gasteiger partial charge >= 0.3 is 0 Å². The van der Waals surface area contributed by atoms with Crippen molar-refractivity contribution in [2.24, 2.45) is 0 Å². The standard InChI is InChI=1S/C23H26ClN3O4S/c24-20-11-10-17(15-21(20)32(30,31)26-12-3-1-2-4-13-26)23(29)25-18-7-5-8-19(16-18)27-14-6-9-22(27)28/h5,7-8,10-11,15-16H,1-4,6,9,12-14H2,(H,25,29). The molecule has 4 rings (SSSR count). The number of amides is 2. The second-order valence-corrected chi connectivity index (χ2v) is 10.4. The van der Waals surface area contributed by atoms with E-state index in [1.165, 1.54) is 22.5 Å². The van der Waals surface area contributed by atoms with Crippen molar-refractivity contribution in [3.8, 4) is 0 Å². The number of hydrogen-bond acceptors (Lipinski definition) is 4. The highest BCUT2D eigenvalue weighted by Gasteiger charge is 2.28. The zero-order valence-corrected chi connectivity index (χ0v) is 19.3. The van der Waals surface area contributed by atoms with E-state index < -0.39 is 15.9 Å². The molecule has 2 aliphatic rings. The SMILES string of the molecule is O=C(Nc1cccc(N2CCCC2=O)c1)c1ccc(Cl)c(S(=O)(=O)N2CCCCCC2)c1. The fourth-order valence-electron chi connectivity index (χ4n) is 4.14. The summed E-state index contributed by atoms with van der Waals surface area (Å²) in [7, 11) is -3.79. The molecule has 0 unspecified atom stereocenters. The van der Waals surface area contributed by atoms with Gasteiger partial charge in [-0.1, -0.05) is 30.5 Å². The second kappa shape index (κ2) is 9.60. The van der Waals surface area contributed by atoms with E-state index in [0.29, 0.717) is 31.7 Å². The van der Waals surface area contributed by atoms with E-state index in [1.54, 1.807) is 23.1 Å². The molecule has 2 aromatic rings. The average molecular weight is 476 g/mol. The van der Waals surface area contributed by atoms with Crippen LogP contribution in [0.5, 0.6) is 0 Å². The summed E-state index contributed by atoms with van der Waals surface area (Å²) in [6.07, 6.45) is 4.97. The molecule has 0 atom stereocenters. The lowest BCUT2D eigenvalue weighted by Crippen LogP contribution is -2.32. The monoisotopic (exact) mass is 475 g/mol. The molecule has 0 bridgehead atoms. The molecule has 2 aromatic carbocycles. The molecule has 2 saturated heterocycles. The van der Waals surface area contributed by atoms with Crippen LogP contribution in [0.25, 0.3) is 0 Å². The van der Waals surface area contributed by atoms with Crippen LogP contribution < -0.4 is 10.2 Å². The number of halogens is 1. The van der Waals surface area contributed by atoms with Gasteiger partial charge in [0.05, 0.1) is 5.02 Å². The maximum atomic E-state index is 13.2. The normalized spacial score (nSPS) is 17.9. The summed E-state index contributed by atoms with van der Waals surface area (Å²) in [5.41, 5.74) is 1.45. The highest BCUT2D eigenvalue weighted by molar-refractivity contribution is 7.89. The first-order valence-corrected chi connectivity index (χ1v) is 12.7. The number of sulfonamides is 1. The van der Waals surface area contributed by atoms with Gasteiger partial charge in [0.25, 0.3) is 5.91 Å². The number of hydrogen-bond donors (Lipinski definition) is 1. The lowest BCUT2D eigenvalue weighted by Gasteiger charge is -2.21. The second-order valence-electron chi connectivity index (χ2n) is 8.12. The smallest absolute Gasteiger partial charge is 0.255 e. The van der Waals surface area contributed by atoms with Crippen LogP contribution in [-0.4, -0.2) is 44.2 Å². The summed E-state index contributed by atoms with van der Waals surface area (Å²) in [5.74, 6) is -0.381. The first-order valence-electron chi connectivity index (χ1n) is 10.9. The van der Waals surface area contributed by atoms with E-state index in [4.69, 9.17) is 11.6 Å². The summed E-state index contributed by atoms with van der Waals surface area (Å²) in [6, 6.07) is 11.4. The third-order valence-electron chi connectivity index (χ3n) is 5.87. The molecule has 2 heterocycles. The lowest BCUT2D eigenvalue weighted by atomic mass is 10.2. The molecule has 0 aliphatic carbocycles. The van der Waals surface area contributed by atoms with Crippen molar-refractivity contribution in [3.05, 3.63) is 53.1 Å². The molecule has 0 radical (unpaired) electrons. The van der Waals surface area contributed by atoms with Crippen LogP contribution in [0.4, 0.5) is 11.4 Å². The van der Waals surface area contributed by atoms with Crippen LogP contribution in [0.2, 0.25) is 5.02 Å². The Morgan fingerprint density at radius 2 is 1.69 bits per heavy atom. The maximum absolute atomic E-state index is 13.2. The Kier molecular flexibility index (Phi) is 6.83. The van der Waals surface area contributed by atoms with Crippen LogP contribution in [0.1, 0.15) is 48.9 Å². The molecule has 1 N–H and O–H groups in total. The van der Waals surface area contributed by atoms with Crippen molar-refractivity contribution in [1.82, 2.24) is 4.31 Å². The molecule has 2 aliphatic heterocycles. The fourth-order valence-corrected chi connectivity index (χ4v) is 6.16. The topological polar surface area (TPSA) is 86.8 Å². The van der Waals surface area contributed by atoms with E-state index in [0.717, 1.165) is 37.8 Å². The van der Waals surface area contributed by atoms with Gasteiger partial charge in [0, 0.05) is 43.0 Å². The molecule has 170 valence electrons. The number of anilines is 2. The molecule has 2 fully saturated rings. The predicted molar refractivity (Wildman–Crippen MR) is 125 cm³/mol. The first kappa shape index (κ1) is 22.8. The van der Waals surface area contributed by atoms with E-state index in [-0.39, 0.29) is 21.4 Å². The minimum atomic E-state index is -3.79. The summed E-state index contributed by atoms with van der Waals surface area (Å²) < 4.78 is 27.8. The van der Waals surface area contributed by atoms with E-state index >= 15 is 0 Å². The molecular weight excluding hydrogens is 450 g/mol. The zero-order valence-electron chi connectivity index (χ0n) is 17.7. The van der Waals surface area contributed by atoms with Gasteiger partial charge in [0.2, 0.25) is 15.9 Å². The number of benzene rings is 2. The van der Waals surface area contributed by atoms with Gasteiger partial charge in [-0.3, -0.25) is 9.59 Å². The van der Waals surface area contributed by atoms with Gasteiger partial charge in [-0.15, -0.1) is 0 Å². The maximum Gasteiger partial charge on any atom is 0.255 e. The van der Waals surface area contributed by atoms with E-state index in [2.05, 4.69) is 5.32 Å². The van der Waals surface area contributed by atoms with Gasteiger partial charge in [-0.25, -0.2) is 8.42 Å². The van der Waals surface area contributed by atoms with Crippen molar-refractivity contribution >= 4 is 44.8 Å². The van der Waals surface area contributed by atoms with Gasteiger partial charge in [-0.05, 0) is 55.7 Å². The number of rotatable bonds is 5. The van der Waals surface area contributed by atoms with Crippen LogP contribution in [-0.2, 0) is 14.8 Å². The lowest BCUT2D eigenvalue weighted by molar-refractivity contribution is -0.117. The molecule has 32 heavy (non-hydrogen) atoms. The quantitative estimate of drug-likeness (QED) is 0.699. The Hall–Kier alpha value is -2.42. The van der Waals surface area contributed by atoms with E-state index in [1.807, 2.05) is 6.07 Å². The van der Waals surface area contributed by atoms with Crippen molar-refractivity contribution in [2.45, 2.75) is 43.4 Å². The Balaban J connectivity index is 1.56. The highest BCUT2D eigenvalue weighted by atomic mass is 35.5. The average Bonchev–Trinajstić information content (AvgIpc) is 3.02. The Morgan fingerprint density at radius 3 is 2.38 bits per heavy atom. The van der Waals surface area contributed by atoms with Gasteiger partial charge in [0.15, 0.2) is 0 Å². The summed E-state index contributed by atoms with van der Waals surface area (Å²) in [4.78, 5) is 26.5. The minimum Gasteiger partial charge on any atom is -0.322 e. The minimum absolute atomic E-state index is 0.0508. The largest absolute Gasteiger partial charge is 0.322 e. The number of nitrogens with one attached hydrogen (secondary N) is 1. The van der Waals surface area contributed by atoms with E-state index in [9.17, 15) is 18.0 Å².